The van der Waals surface area contributed by atoms with Gasteiger partial charge in [0, 0.05) is 11.3 Å². The second-order valence-corrected chi connectivity index (χ2v) is 5.10. The summed E-state index contributed by atoms with van der Waals surface area (Å²) >= 11 is 0. The summed E-state index contributed by atoms with van der Waals surface area (Å²) in [6.45, 7) is 5.40. The number of benzene rings is 1. The summed E-state index contributed by atoms with van der Waals surface area (Å²) in [4.78, 5) is 27.1. The van der Waals surface area contributed by atoms with Gasteiger partial charge in [-0.25, -0.2) is 9.18 Å². The zero-order chi connectivity index (χ0) is 17.0. The molecule has 0 amide bonds. The maximum absolute atomic E-state index is 13.1. The van der Waals surface area contributed by atoms with Gasteiger partial charge in [0.05, 0.1) is 6.61 Å². The summed E-state index contributed by atoms with van der Waals surface area (Å²) in [7, 11) is 0. The fourth-order valence-corrected chi connectivity index (χ4v) is 2.39. The number of allylic oxidation sites excluding steroid dienone is 1. The number of nitrogens with one attached hydrogen (secondary N) is 1. The molecule has 0 spiro atoms. The highest BCUT2D eigenvalue weighted by atomic mass is 19.1. The summed E-state index contributed by atoms with van der Waals surface area (Å²) in [5.41, 5.74) is 2.46. The maximum atomic E-state index is 13.1. The van der Waals surface area contributed by atoms with Gasteiger partial charge in [-0.3, -0.25) is 4.79 Å². The first-order valence-electron chi connectivity index (χ1n) is 7.28. The summed E-state index contributed by atoms with van der Waals surface area (Å²) in [5, 5.41) is 0. The van der Waals surface area contributed by atoms with Crippen LogP contribution in [0.15, 0.2) is 30.3 Å². The average molecular weight is 315 g/mol. The van der Waals surface area contributed by atoms with Gasteiger partial charge in [-0.1, -0.05) is 18.2 Å². The van der Waals surface area contributed by atoms with E-state index in [4.69, 9.17) is 4.74 Å². The molecule has 1 aromatic carbocycles. The molecule has 0 radical (unpaired) electrons. The van der Waals surface area contributed by atoms with Gasteiger partial charge >= 0.3 is 5.97 Å². The molecule has 4 nitrogen and oxygen atoms in total. The number of hydrogen-bond donors (Lipinski definition) is 1. The summed E-state index contributed by atoms with van der Waals surface area (Å²) in [5.74, 6) is -1.10. The minimum atomic E-state index is -0.485. The molecule has 0 saturated carbocycles. The van der Waals surface area contributed by atoms with Gasteiger partial charge in [-0.05, 0) is 50.1 Å². The van der Waals surface area contributed by atoms with Crippen molar-refractivity contribution in [1.29, 1.82) is 0 Å². The van der Waals surface area contributed by atoms with Crippen LogP contribution in [0, 0.1) is 19.7 Å². The zero-order valence-electron chi connectivity index (χ0n) is 13.3. The number of esters is 1. The Kier molecular flexibility index (Phi) is 5.11. The molecule has 0 aliphatic carbocycles. The third kappa shape index (κ3) is 3.74. The first kappa shape index (κ1) is 16.7. The Balaban J connectivity index is 2.28. The van der Waals surface area contributed by atoms with Crippen molar-refractivity contribution in [3.05, 3.63) is 64.2 Å². The van der Waals surface area contributed by atoms with Gasteiger partial charge in [0.15, 0.2) is 5.78 Å². The average Bonchev–Trinajstić information content (AvgIpc) is 2.80. The van der Waals surface area contributed by atoms with E-state index < -0.39 is 5.97 Å². The molecule has 1 N–H and O–H groups in total. The lowest BCUT2D eigenvalue weighted by Gasteiger charge is -2.00. The van der Waals surface area contributed by atoms with Crippen molar-refractivity contribution in [2.45, 2.75) is 20.8 Å². The van der Waals surface area contributed by atoms with Gasteiger partial charge < -0.3 is 9.72 Å². The topological polar surface area (TPSA) is 59.2 Å². The van der Waals surface area contributed by atoms with Crippen LogP contribution in [-0.2, 0) is 4.74 Å². The number of ether oxygens (including phenoxy) is 1. The number of carbonyl (C=O) groups excluding carboxylic acids is 2. The Morgan fingerprint density at radius 3 is 2.70 bits per heavy atom. The minimum absolute atomic E-state index is 0.254. The van der Waals surface area contributed by atoms with Crippen molar-refractivity contribution in [3.63, 3.8) is 0 Å². The first-order chi connectivity index (χ1) is 10.9. The van der Waals surface area contributed by atoms with E-state index in [1.807, 2.05) is 0 Å². The molecule has 0 aliphatic heterocycles. The summed E-state index contributed by atoms with van der Waals surface area (Å²) in [6, 6.07) is 5.95. The number of aryl methyl sites for hydroxylation is 1. The van der Waals surface area contributed by atoms with E-state index in [1.54, 1.807) is 39.0 Å². The van der Waals surface area contributed by atoms with Gasteiger partial charge in [0.25, 0.3) is 0 Å². The molecular weight excluding hydrogens is 297 g/mol. The third-order valence-corrected chi connectivity index (χ3v) is 3.44. The number of halogens is 1. The lowest BCUT2D eigenvalue weighted by molar-refractivity contribution is 0.0519. The zero-order valence-corrected chi connectivity index (χ0v) is 13.3. The summed E-state index contributed by atoms with van der Waals surface area (Å²) < 4.78 is 18.1. The van der Waals surface area contributed by atoms with Crippen LogP contribution in [0.4, 0.5) is 4.39 Å². The molecule has 1 heterocycles. The number of H-pyrrole nitrogens is 1. The van der Waals surface area contributed by atoms with Gasteiger partial charge in [-0.15, -0.1) is 0 Å². The molecular formula is C18H18FNO3. The highest BCUT2D eigenvalue weighted by Crippen LogP contribution is 2.20. The van der Waals surface area contributed by atoms with Crippen molar-refractivity contribution in [2.75, 3.05) is 6.61 Å². The number of aromatic nitrogens is 1. The summed E-state index contributed by atoms with van der Waals surface area (Å²) in [6.07, 6.45) is 2.91. The van der Waals surface area contributed by atoms with Gasteiger partial charge in [0.1, 0.15) is 11.5 Å². The number of ketones is 1. The van der Waals surface area contributed by atoms with E-state index in [2.05, 4.69) is 4.98 Å². The van der Waals surface area contributed by atoms with Crippen LogP contribution < -0.4 is 0 Å². The predicted molar refractivity (Wildman–Crippen MR) is 86.0 cm³/mol. The fraction of sp³-hybridized carbons (Fsp3) is 0.222. The normalized spacial score (nSPS) is 11.0. The van der Waals surface area contributed by atoms with Crippen molar-refractivity contribution in [1.82, 2.24) is 4.98 Å². The third-order valence-electron chi connectivity index (χ3n) is 3.44. The molecule has 2 aromatic rings. The van der Waals surface area contributed by atoms with E-state index >= 15 is 0 Å². The maximum Gasteiger partial charge on any atom is 0.355 e. The van der Waals surface area contributed by atoms with Crippen LogP contribution in [0.25, 0.3) is 6.08 Å². The molecule has 0 saturated heterocycles. The van der Waals surface area contributed by atoms with E-state index in [1.165, 1.54) is 18.2 Å². The largest absolute Gasteiger partial charge is 0.461 e. The lowest BCUT2D eigenvalue weighted by Crippen LogP contribution is -2.07. The standard InChI is InChI=1S/C18H18FNO3/c1-4-23-18(22)17-11(2)16(12(3)20-17)15(21)9-8-13-6-5-7-14(19)10-13/h5-10,20H,4H2,1-3H3. The number of rotatable bonds is 5. The number of aromatic amines is 1. The Morgan fingerprint density at radius 1 is 1.30 bits per heavy atom. The monoisotopic (exact) mass is 315 g/mol. The Labute approximate surface area is 134 Å². The van der Waals surface area contributed by atoms with E-state index in [0.717, 1.165) is 0 Å². The molecule has 0 atom stereocenters. The van der Waals surface area contributed by atoms with Gasteiger partial charge in [-0.2, -0.15) is 0 Å². The fourth-order valence-electron chi connectivity index (χ4n) is 2.39. The molecule has 120 valence electrons. The van der Waals surface area contributed by atoms with E-state index in [0.29, 0.717) is 22.4 Å². The first-order valence-corrected chi connectivity index (χ1v) is 7.28. The van der Waals surface area contributed by atoms with Crippen molar-refractivity contribution in [2.24, 2.45) is 0 Å². The van der Waals surface area contributed by atoms with E-state index in [9.17, 15) is 14.0 Å². The van der Waals surface area contributed by atoms with Crippen LogP contribution in [0.5, 0.6) is 0 Å². The highest BCUT2D eigenvalue weighted by Gasteiger charge is 2.21. The van der Waals surface area contributed by atoms with Crippen LogP contribution >= 0.6 is 0 Å². The lowest BCUT2D eigenvalue weighted by atomic mass is 10.0. The Hall–Kier alpha value is -2.69. The van der Waals surface area contributed by atoms with Crippen LogP contribution in [0.2, 0.25) is 0 Å². The van der Waals surface area contributed by atoms with Crippen molar-refractivity contribution >= 4 is 17.8 Å². The number of carbonyl (C=O) groups is 2. The quantitative estimate of drug-likeness (QED) is 0.518. The SMILES string of the molecule is CCOC(=O)c1[nH]c(C)c(C(=O)C=Cc2cccc(F)c2)c1C. The molecule has 0 bridgehead atoms. The predicted octanol–water partition coefficient (Wildman–Crippen LogP) is 3.84. The van der Waals surface area contributed by atoms with Crippen molar-refractivity contribution in [3.8, 4) is 0 Å². The Morgan fingerprint density at radius 2 is 2.04 bits per heavy atom. The van der Waals surface area contributed by atoms with Gasteiger partial charge in [0.2, 0.25) is 0 Å². The second kappa shape index (κ2) is 7.05. The second-order valence-electron chi connectivity index (χ2n) is 5.10. The van der Waals surface area contributed by atoms with Crippen LogP contribution in [0.1, 0.15) is 44.6 Å². The molecule has 2 rings (SSSR count). The van der Waals surface area contributed by atoms with Crippen LogP contribution in [-0.4, -0.2) is 23.3 Å². The molecule has 23 heavy (non-hydrogen) atoms. The Bertz CT molecular complexity index is 775. The number of hydrogen-bond acceptors (Lipinski definition) is 3. The molecule has 0 unspecified atom stereocenters. The van der Waals surface area contributed by atoms with Crippen LogP contribution in [0.3, 0.4) is 0 Å². The molecule has 1 aromatic heterocycles. The molecule has 5 heteroatoms. The van der Waals surface area contributed by atoms with Crippen molar-refractivity contribution < 1.29 is 18.7 Å². The highest BCUT2D eigenvalue weighted by molar-refractivity contribution is 6.10. The molecule has 0 fully saturated rings. The minimum Gasteiger partial charge on any atom is -0.461 e. The van der Waals surface area contributed by atoms with E-state index in [-0.39, 0.29) is 23.9 Å². The molecule has 0 aliphatic rings. The smallest absolute Gasteiger partial charge is 0.355 e.